The van der Waals surface area contributed by atoms with Gasteiger partial charge < -0.3 is 13.4 Å². The smallest absolute Gasteiger partial charge is 0.238 e. The van der Waals surface area contributed by atoms with Gasteiger partial charge >= 0.3 is 0 Å². The number of hydrogen-bond donors (Lipinski definition) is 0. The van der Waals surface area contributed by atoms with Gasteiger partial charge in [0.05, 0.1) is 38.8 Å². The van der Waals surface area contributed by atoms with Gasteiger partial charge in [0.1, 0.15) is 16.7 Å². The number of aromatic nitrogens is 4. The Labute approximate surface area is 329 Å². The predicted octanol–water partition coefficient (Wildman–Crippen LogP) is 13.8. The Bertz CT molecular complexity index is 3930. The predicted molar refractivity (Wildman–Crippen MR) is 235 cm³/mol. The third-order valence-corrected chi connectivity index (χ3v) is 12.3. The van der Waals surface area contributed by atoms with Crippen LogP contribution in [-0.2, 0) is 0 Å². The minimum Gasteiger partial charge on any atom is -0.456 e. The highest BCUT2D eigenvalue weighted by Gasteiger charge is 2.30. The average molecular weight is 741 g/mol. The largest absolute Gasteiger partial charge is 0.456 e. The Morgan fingerprint density at radius 3 is 1.88 bits per heavy atom. The number of rotatable bonds is 2. The summed E-state index contributed by atoms with van der Waals surface area (Å²) < 4.78 is 17.6. The number of para-hydroxylation sites is 5. The number of hydrogen-bond acceptors (Lipinski definition) is 4. The zero-order valence-electron chi connectivity index (χ0n) is 30.8. The SMILES string of the molecule is c1ccc2c(c1)-c1ccccc1-n1c3ccccc3c3cc4c(c-2c31)c1ccccc1n4-c1nc(-c2ccc3oc4ccccc4c3c2)c2c(n1)oc1ccccc12. The van der Waals surface area contributed by atoms with Crippen LogP contribution in [-0.4, -0.2) is 19.1 Å². The molecule has 0 radical (unpaired) electrons. The molecular weight excluding hydrogens is 713 g/mol. The first-order valence-electron chi connectivity index (χ1n) is 19.6. The molecule has 0 saturated carbocycles. The van der Waals surface area contributed by atoms with Crippen molar-refractivity contribution in [2.75, 3.05) is 0 Å². The van der Waals surface area contributed by atoms with Crippen molar-refractivity contribution >= 4 is 87.6 Å². The fraction of sp³-hybridized carbons (Fsp3) is 0. The summed E-state index contributed by atoms with van der Waals surface area (Å²) in [6.07, 6.45) is 0. The Hall–Kier alpha value is -7.96. The van der Waals surface area contributed by atoms with Crippen LogP contribution in [0.3, 0.4) is 0 Å². The van der Waals surface area contributed by atoms with E-state index in [-0.39, 0.29) is 0 Å². The molecule has 0 N–H and O–H groups in total. The zero-order valence-corrected chi connectivity index (χ0v) is 30.8. The van der Waals surface area contributed by atoms with Gasteiger partial charge in [-0.1, -0.05) is 115 Å². The van der Waals surface area contributed by atoms with Crippen molar-refractivity contribution in [3.8, 4) is 45.1 Å². The molecule has 0 atom stereocenters. The van der Waals surface area contributed by atoms with Crippen LogP contribution in [0.25, 0.3) is 133 Å². The summed E-state index contributed by atoms with van der Waals surface area (Å²) in [5.74, 6) is 0.547. The zero-order chi connectivity index (χ0) is 37.6. The molecule has 14 rings (SSSR count). The van der Waals surface area contributed by atoms with E-state index in [4.69, 9.17) is 18.8 Å². The van der Waals surface area contributed by atoms with Gasteiger partial charge in [-0.2, -0.15) is 4.98 Å². The van der Waals surface area contributed by atoms with Crippen LogP contribution in [0.2, 0.25) is 0 Å². The molecule has 268 valence electrons. The highest BCUT2D eigenvalue weighted by molar-refractivity contribution is 6.28. The van der Waals surface area contributed by atoms with E-state index < -0.39 is 0 Å². The number of benzene rings is 8. The second kappa shape index (κ2) is 10.9. The second-order valence-electron chi connectivity index (χ2n) is 15.3. The molecule has 6 nitrogen and oxygen atoms in total. The van der Waals surface area contributed by atoms with Gasteiger partial charge in [-0.25, -0.2) is 4.98 Å². The lowest BCUT2D eigenvalue weighted by atomic mass is 9.91. The molecule has 0 unspecified atom stereocenters. The number of nitrogens with zero attached hydrogens (tertiary/aromatic N) is 4. The Balaban J connectivity index is 1.16. The first-order chi connectivity index (χ1) is 28.8. The monoisotopic (exact) mass is 740 g/mol. The minimum absolute atomic E-state index is 0.542. The van der Waals surface area contributed by atoms with Crippen LogP contribution in [0.5, 0.6) is 0 Å². The Kier molecular flexibility index (Phi) is 5.68. The lowest BCUT2D eigenvalue weighted by Gasteiger charge is -2.12. The van der Waals surface area contributed by atoms with Gasteiger partial charge in [0, 0.05) is 54.4 Å². The summed E-state index contributed by atoms with van der Waals surface area (Å²) in [7, 11) is 0. The average Bonchev–Trinajstić information content (AvgIpc) is 4.01. The van der Waals surface area contributed by atoms with E-state index in [1.807, 2.05) is 30.3 Å². The topological polar surface area (TPSA) is 61.9 Å². The number of fused-ring (bicyclic) bond motifs is 18. The fourth-order valence-corrected chi connectivity index (χ4v) is 9.93. The van der Waals surface area contributed by atoms with Crippen LogP contribution < -0.4 is 0 Å². The minimum atomic E-state index is 0.542. The van der Waals surface area contributed by atoms with Gasteiger partial charge in [0.15, 0.2) is 0 Å². The summed E-state index contributed by atoms with van der Waals surface area (Å²) in [5, 5.41) is 8.64. The molecule has 1 aliphatic rings. The van der Waals surface area contributed by atoms with Crippen LogP contribution >= 0.6 is 0 Å². The molecule has 0 fully saturated rings. The Morgan fingerprint density at radius 1 is 0.397 bits per heavy atom. The lowest BCUT2D eigenvalue weighted by molar-refractivity contribution is 0.651. The molecule has 8 aromatic carbocycles. The number of furan rings is 2. The van der Waals surface area contributed by atoms with Crippen molar-refractivity contribution in [1.82, 2.24) is 19.1 Å². The summed E-state index contributed by atoms with van der Waals surface area (Å²) >= 11 is 0. The lowest BCUT2D eigenvalue weighted by Crippen LogP contribution is -2.03. The van der Waals surface area contributed by atoms with Crippen LogP contribution in [0, 0.1) is 0 Å². The van der Waals surface area contributed by atoms with Crippen LogP contribution in [0.15, 0.2) is 179 Å². The van der Waals surface area contributed by atoms with Crippen LogP contribution in [0.1, 0.15) is 0 Å². The van der Waals surface area contributed by atoms with E-state index in [1.165, 1.54) is 49.7 Å². The first kappa shape index (κ1) is 30.3. The van der Waals surface area contributed by atoms with E-state index in [0.29, 0.717) is 11.7 Å². The summed E-state index contributed by atoms with van der Waals surface area (Å²) in [6, 6.07) is 60.1. The molecule has 0 saturated heterocycles. The van der Waals surface area contributed by atoms with Gasteiger partial charge in [0.25, 0.3) is 0 Å². The summed E-state index contributed by atoms with van der Waals surface area (Å²) in [6.45, 7) is 0. The van der Waals surface area contributed by atoms with Crippen molar-refractivity contribution in [3.05, 3.63) is 170 Å². The molecule has 6 heteroatoms. The maximum Gasteiger partial charge on any atom is 0.238 e. The van der Waals surface area contributed by atoms with Crippen molar-refractivity contribution in [1.29, 1.82) is 0 Å². The van der Waals surface area contributed by atoms with Gasteiger partial charge in [0.2, 0.25) is 11.7 Å². The van der Waals surface area contributed by atoms with Crippen LogP contribution in [0.4, 0.5) is 0 Å². The fourth-order valence-electron chi connectivity index (χ4n) is 9.93. The molecule has 6 heterocycles. The van der Waals surface area contributed by atoms with Gasteiger partial charge in [-0.3, -0.25) is 4.57 Å². The summed E-state index contributed by atoms with van der Waals surface area (Å²) in [4.78, 5) is 10.9. The molecule has 0 aliphatic carbocycles. The highest BCUT2D eigenvalue weighted by atomic mass is 16.3. The molecule has 13 aromatic rings. The molecule has 5 aromatic heterocycles. The van der Waals surface area contributed by atoms with Crippen molar-refractivity contribution in [3.63, 3.8) is 0 Å². The molecule has 0 spiro atoms. The van der Waals surface area contributed by atoms with Crippen molar-refractivity contribution in [2.24, 2.45) is 0 Å². The second-order valence-corrected chi connectivity index (χ2v) is 15.3. The van der Waals surface area contributed by atoms with E-state index in [0.717, 1.165) is 71.4 Å². The molecular formula is C52H28N4O2. The Morgan fingerprint density at radius 2 is 1.03 bits per heavy atom. The highest BCUT2D eigenvalue weighted by Crippen LogP contribution is 2.52. The van der Waals surface area contributed by atoms with Gasteiger partial charge in [-0.05, 0) is 65.7 Å². The van der Waals surface area contributed by atoms with Crippen molar-refractivity contribution in [2.45, 2.75) is 0 Å². The van der Waals surface area contributed by atoms with E-state index in [1.54, 1.807) is 0 Å². The standard InChI is InChI=1S/C52H28N4O2/c1-2-17-34-30(13-1)31-14-3-8-20-39(31)55-40-21-9-4-15-32(40)38-28-42-46(47(34)50(38)55)35-18-5-10-22-41(35)56(42)52-53-49(48-36-19-7-12-24-44(36)58-51(48)54-52)29-25-26-45-37(27-29)33-16-6-11-23-43(33)57-45/h1-28H. The maximum absolute atomic E-state index is 6.62. The molecule has 58 heavy (non-hydrogen) atoms. The van der Waals surface area contributed by atoms with E-state index >= 15 is 0 Å². The molecule has 0 bridgehead atoms. The third-order valence-electron chi connectivity index (χ3n) is 12.3. The molecule has 0 amide bonds. The van der Waals surface area contributed by atoms with Gasteiger partial charge in [-0.15, -0.1) is 0 Å². The summed E-state index contributed by atoms with van der Waals surface area (Å²) in [5.41, 5.74) is 15.2. The quantitative estimate of drug-likeness (QED) is 0.177. The maximum atomic E-state index is 6.62. The normalized spacial score (nSPS) is 12.5. The van der Waals surface area contributed by atoms with E-state index in [9.17, 15) is 0 Å². The first-order valence-corrected chi connectivity index (χ1v) is 19.6. The molecule has 1 aliphatic heterocycles. The third kappa shape index (κ3) is 3.81. The van der Waals surface area contributed by atoms with Crippen molar-refractivity contribution < 1.29 is 8.83 Å². The van der Waals surface area contributed by atoms with E-state index in [2.05, 4.69) is 149 Å².